The lowest BCUT2D eigenvalue weighted by molar-refractivity contribution is -0.115. The Kier molecular flexibility index (Phi) is 7.69. The zero-order valence-corrected chi connectivity index (χ0v) is 17.3. The van der Waals surface area contributed by atoms with Gasteiger partial charge in [-0.25, -0.2) is 0 Å². The van der Waals surface area contributed by atoms with Crippen molar-refractivity contribution >= 4 is 34.8 Å². The summed E-state index contributed by atoms with van der Waals surface area (Å²) in [6, 6.07) is 7.76. The van der Waals surface area contributed by atoms with Crippen LogP contribution in [0.5, 0.6) is 17.2 Å². The molecule has 8 nitrogen and oxygen atoms in total. The third kappa shape index (κ3) is 5.30. The predicted molar refractivity (Wildman–Crippen MR) is 110 cm³/mol. The van der Waals surface area contributed by atoms with Crippen molar-refractivity contribution in [3.05, 3.63) is 41.5 Å². The number of benzene rings is 2. The van der Waals surface area contributed by atoms with Crippen LogP contribution in [-0.2, 0) is 11.4 Å². The fraction of sp³-hybridized carbons (Fsp3) is 0.300. The first-order chi connectivity index (χ1) is 13.8. The molecule has 2 rings (SSSR count). The van der Waals surface area contributed by atoms with Crippen LogP contribution in [0.25, 0.3) is 0 Å². The number of aliphatic hydroxyl groups is 1. The molecule has 29 heavy (non-hydrogen) atoms. The van der Waals surface area contributed by atoms with Crippen LogP contribution in [0.4, 0.5) is 11.4 Å². The second kappa shape index (κ2) is 9.99. The minimum atomic E-state index is -0.766. The summed E-state index contributed by atoms with van der Waals surface area (Å²) in [6.07, 6.45) is 0. The van der Waals surface area contributed by atoms with Crippen molar-refractivity contribution in [2.45, 2.75) is 18.9 Å². The maximum Gasteiger partial charge on any atom is 0.255 e. The highest BCUT2D eigenvalue weighted by atomic mass is 35.5. The normalized spacial score (nSPS) is 11.4. The Labute approximate surface area is 173 Å². The molecule has 1 atom stereocenters. The number of nitrogens with one attached hydrogen (secondary N) is 2. The van der Waals surface area contributed by atoms with Gasteiger partial charge in [-0.15, -0.1) is 11.6 Å². The number of carbonyl (C=O) groups is 2. The third-order valence-electron chi connectivity index (χ3n) is 4.08. The molecular formula is C20H23ClN2O6. The number of anilines is 2. The molecular weight excluding hydrogens is 400 g/mol. The van der Waals surface area contributed by atoms with E-state index in [0.29, 0.717) is 34.2 Å². The van der Waals surface area contributed by atoms with E-state index in [1.54, 1.807) is 24.3 Å². The number of aliphatic hydroxyl groups excluding tert-OH is 1. The minimum Gasteiger partial charge on any atom is -0.493 e. The monoisotopic (exact) mass is 422 g/mol. The highest BCUT2D eigenvalue weighted by Gasteiger charge is 2.17. The molecule has 0 aliphatic heterocycles. The van der Waals surface area contributed by atoms with Gasteiger partial charge in [0.15, 0.2) is 11.5 Å². The van der Waals surface area contributed by atoms with Crippen LogP contribution < -0.4 is 24.8 Å². The van der Waals surface area contributed by atoms with Gasteiger partial charge in [0.05, 0.1) is 27.9 Å². The van der Waals surface area contributed by atoms with Gasteiger partial charge in [0.25, 0.3) is 5.91 Å². The smallest absolute Gasteiger partial charge is 0.255 e. The molecule has 0 bridgehead atoms. The minimum absolute atomic E-state index is 0.272. The Morgan fingerprint density at radius 2 is 1.66 bits per heavy atom. The molecule has 0 radical (unpaired) electrons. The Morgan fingerprint density at radius 1 is 1.03 bits per heavy atom. The zero-order chi connectivity index (χ0) is 21.6. The first-order valence-corrected chi connectivity index (χ1v) is 9.08. The molecule has 0 aliphatic rings. The summed E-state index contributed by atoms with van der Waals surface area (Å²) < 4.78 is 15.8. The molecule has 3 N–H and O–H groups in total. The number of methoxy groups -OCH3 is 3. The summed E-state index contributed by atoms with van der Waals surface area (Å²) in [5, 5.41) is 14.1. The van der Waals surface area contributed by atoms with E-state index in [0.717, 1.165) is 0 Å². The van der Waals surface area contributed by atoms with Gasteiger partial charge < -0.3 is 30.0 Å². The van der Waals surface area contributed by atoms with E-state index in [9.17, 15) is 14.7 Å². The molecule has 0 saturated carbocycles. The fourth-order valence-corrected chi connectivity index (χ4v) is 2.62. The first-order valence-electron chi connectivity index (χ1n) is 8.64. The number of halogens is 1. The summed E-state index contributed by atoms with van der Waals surface area (Å²) in [6.45, 7) is 1.22. The number of carbonyl (C=O) groups excluding carboxylic acids is 2. The highest BCUT2D eigenvalue weighted by Crippen LogP contribution is 2.40. The Bertz CT molecular complexity index is 876. The number of amides is 2. The lowest BCUT2D eigenvalue weighted by Crippen LogP contribution is -2.22. The number of alkyl halides is 1. The first kappa shape index (κ1) is 22.3. The fourth-order valence-electron chi connectivity index (χ4n) is 2.56. The summed E-state index contributed by atoms with van der Waals surface area (Å²) in [4.78, 5) is 24.6. The van der Waals surface area contributed by atoms with Gasteiger partial charge >= 0.3 is 0 Å². The number of hydrogen-bond acceptors (Lipinski definition) is 6. The average Bonchev–Trinajstić information content (AvgIpc) is 2.72. The number of ether oxygens (including phenoxy) is 3. The van der Waals surface area contributed by atoms with Gasteiger partial charge in [-0.05, 0) is 19.1 Å². The lowest BCUT2D eigenvalue weighted by atomic mass is 10.1. The second-order valence-electron chi connectivity index (χ2n) is 6.00. The largest absolute Gasteiger partial charge is 0.493 e. The molecule has 1 unspecified atom stereocenters. The molecule has 2 aromatic rings. The van der Waals surface area contributed by atoms with Gasteiger partial charge in [-0.2, -0.15) is 0 Å². The van der Waals surface area contributed by atoms with E-state index in [4.69, 9.17) is 25.8 Å². The van der Waals surface area contributed by atoms with Crippen molar-refractivity contribution in [1.29, 1.82) is 0 Å². The van der Waals surface area contributed by atoms with Crippen molar-refractivity contribution in [3.8, 4) is 17.2 Å². The van der Waals surface area contributed by atoms with E-state index in [1.807, 2.05) is 0 Å². The van der Waals surface area contributed by atoms with Crippen molar-refractivity contribution in [2.24, 2.45) is 0 Å². The van der Waals surface area contributed by atoms with Crippen molar-refractivity contribution in [3.63, 3.8) is 0 Å². The van der Waals surface area contributed by atoms with Crippen LogP contribution >= 0.6 is 11.6 Å². The summed E-state index contributed by atoms with van der Waals surface area (Å²) in [5.74, 6) is 0.311. The Balaban J connectivity index is 2.32. The molecule has 0 heterocycles. The van der Waals surface area contributed by atoms with E-state index in [1.165, 1.54) is 34.3 Å². The molecule has 0 aliphatic carbocycles. The number of rotatable bonds is 8. The highest BCUT2D eigenvalue weighted by molar-refractivity contribution is 6.32. The maximum atomic E-state index is 12.7. The molecule has 0 saturated heterocycles. The molecule has 156 valence electrons. The predicted octanol–water partition coefficient (Wildman–Crippen LogP) is 3.02. The Morgan fingerprint density at radius 3 is 2.14 bits per heavy atom. The summed E-state index contributed by atoms with van der Waals surface area (Å²) in [5.41, 5.74) is 1.46. The molecule has 0 spiro atoms. The molecule has 2 aromatic carbocycles. The topological polar surface area (TPSA) is 106 Å². The third-order valence-corrected chi connectivity index (χ3v) is 4.28. The summed E-state index contributed by atoms with van der Waals surface area (Å²) in [7, 11) is 4.44. The Hall–Kier alpha value is -2.97. The molecule has 0 fully saturated rings. The zero-order valence-electron chi connectivity index (χ0n) is 16.5. The van der Waals surface area contributed by atoms with Crippen molar-refractivity contribution in [1.82, 2.24) is 0 Å². The SMILES string of the molecule is COc1cc(NC(=O)c2ccc(CO)c(NC(=O)C(C)Cl)c2)cc(OC)c1OC. The molecule has 0 aromatic heterocycles. The lowest BCUT2D eigenvalue weighted by Gasteiger charge is -2.15. The van der Waals surface area contributed by atoms with Gasteiger partial charge in [-0.3, -0.25) is 9.59 Å². The van der Waals surface area contributed by atoms with Crippen LogP contribution in [0.3, 0.4) is 0 Å². The van der Waals surface area contributed by atoms with E-state index in [2.05, 4.69) is 10.6 Å². The van der Waals surface area contributed by atoms with Gasteiger partial charge in [0.2, 0.25) is 11.7 Å². The van der Waals surface area contributed by atoms with E-state index < -0.39 is 17.2 Å². The van der Waals surface area contributed by atoms with Gasteiger partial charge in [0.1, 0.15) is 5.38 Å². The maximum absolute atomic E-state index is 12.7. The standard InChI is InChI=1S/C20H23ClN2O6/c1-11(21)19(25)23-15-7-12(5-6-13(15)10-24)20(26)22-14-8-16(27-2)18(29-4)17(9-14)28-3/h5-9,11,24H,10H2,1-4H3,(H,22,26)(H,23,25). The van der Waals surface area contributed by atoms with Crippen LogP contribution in [-0.4, -0.2) is 43.6 Å². The molecule has 2 amide bonds. The van der Waals surface area contributed by atoms with Crippen molar-refractivity contribution < 1.29 is 28.9 Å². The van der Waals surface area contributed by atoms with Crippen LogP contribution in [0.15, 0.2) is 30.3 Å². The molecule has 9 heteroatoms. The van der Waals surface area contributed by atoms with E-state index in [-0.39, 0.29) is 12.2 Å². The quantitative estimate of drug-likeness (QED) is 0.564. The second-order valence-corrected chi connectivity index (χ2v) is 6.66. The summed E-state index contributed by atoms with van der Waals surface area (Å²) >= 11 is 5.78. The van der Waals surface area contributed by atoms with E-state index >= 15 is 0 Å². The van der Waals surface area contributed by atoms with Gasteiger partial charge in [0, 0.05) is 34.6 Å². The number of hydrogen-bond donors (Lipinski definition) is 3. The van der Waals surface area contributed by atoms with Crippen LogP contribution in [0, 0.1) is 0 Å². The average molecular weight is 423 g/mol. The van der Waals surface area contributed by atoms with Crippen LogP contribution in [0.2, 0.25) is 0 Å². The van der Waals surface area contributed by atoms with Gasteiger partial charge in [-0.1, -0.05) is 6.07 Å². The van der Waals surface area contributed by atoms with Crippen molar-refractivity contribution in [2.75, 3.05) is 32.0 Å². The van der Waals surface area contributed by atoms with Crippen LogP contribution in [0.1, 0.15) is 22.8 Å².